The van der Waals surface area contributed by atoms with Crippen LogP contribution in [0.1, 0.15) is 38.1 Å². The molecule has 3 nitrogen and oxygen atoms in total. The van der Waals surface area contributed by atoms with Crippen molar-refractivity contribution in [3.05, 3.63) is 47.7 Å². The molecule has 2 rings (SSSR count). The van der Waals surface area contributed by atoms with Gasteiger partial charge in [0.05, 0.1) is 6.54 Å². The molecule has 0 spiro atoms. The molecular weight excluding hydrogens is 262 g/mol. The highest BCUT2D eigenvalue weighted by Crippen LogP contribution is 2.23. The maximum absolute atomic E-state index is 13.3. The third kappa shape index (κ3) is 2.98. The maximum Gasteiger partial charge on any atom is 0.181 e. The van der Waals surface area contributed by atoms with E-state index in [4.69, 9.17) is 4.42 Å². The number of benzene rings is 1. The lowest BCUT2D eigenvalue weighted by molar-refractivity contribution is 0.478. The summed E-state index contributed by atoms with van der Waals surface area (Å²) in [6.45, 7) is 7.17. The molecule has 0 unspecified atom stereocenters. The summed E-state index contributed by atoms with van der Waals surface area (Å²) in [5, 5.41) is 0. The molecule has 2 aromatic rings. The number of oxazole rings is 1. The molecule has 0 aliphatic carbocycles. The summed E-state index contributed by atoms with van der Waals surface area (Å²) >= 11 is 0. The van der Waals surface area contributed by atoms with E-state index in [1.165, 1.54) is 12.5 Å². The van der Waals surface area contributed by atoms with Crippen LogP contribution in [0.15, 0.2) is 29.0 Å². The van der Waals surface area contributed by atoms with Gasteiger partial charge in [0.15, 0.2) is 18.0 Å². The first kappa shape index (κ1) is 14.5. The average molecular weight is 280 g/mol. The Kier molecular flexibility index (Phi) is 4.37. The van der Waals surface area contributed by atoms with E-state index in [0.717, 1.165) is 17.5 Å². The molecule has 0 saturated heterocycles. The lowest BCUT2D eigenvalue weighted by Crippen LogP contribution is -2.23. The fraction of sp³-hybridized carbons (Fsp3) is 0.400. The zero-order valence-corrected chi connectivity index (χ0v) is 11.9. The molecule has 0 atom stereocenters. The van der Waals surface area contributed by atoms with E-state index in [1.54, 1.807) is 6.07 Å². The average Bonchev–Trinajstić information content (AvgIpc) is 2.87. The van der Waals surface area contributed by atoms with Crippen molar-refractivity contribution in [2.45, 2.75) is 33.2 Å². The van der Waals surface area contributed by atoms with Gasteiger partial charge in [0.2, 0.25) is 0 Å². The zero-order valence-electron chi connectivity index (χ0n) is 11.9. The van der Waals surface area contributed by atoms with Gasteiger partial charge in [-0.25, -0.2) is 13.8 Å². The topological polar surface area (TPSA) is 29.3 Å². The quantitative estimate of drug-likeness (QED) is 0.825. The van der Waals surface area contributed by atoms with Crippen LogP contribution in [0.3, 0.4) is 0 Å². The highest BCUT2D eigenvalue weighted by Gasteiger charge is 2.16. The van der Waals surface area contributed by atoms with Crippen LogP contribution in [0.5, 0.6) is 0 Å². The van der Waals surface area contributed by atoms with Crippen molar-refractivity contribution < 1.29 is 13.2 Å². The van der Waals surface area contributed by atoms with Gasteiger partial charge in [0, 0.05) is 24.2 Å². The van der Waals surface area contributed by atoms with Gasteiger partial charge in [-0.1, -0.05) is 13.8 Å². The number of nitrogens with zero attached hydrogens (tertiary/aromatic N) is 2. The standard InChI is InChI=1S/C15H18F2N2O/c1-4-19(11-5-6-12(16)13(17)7-11)8-14-15(10(2)3)20-9-18-14/h5-7,9-10H,4,8H2,1-3H3. The highest BCUT2D eigenvalue weighted by atomic mass is 19.2. The van der Waals surface area contributed by atoms with Crippen molar-refractivity contribution >= 4 is 5.69 Å². The minimum Gasteiger partial charge on any atom is -0.448 e. The van der Waals surface area contributed by atoms with Crippen molar-refractivity contribution in [3.63, 3.8) is 0 Å². The largest absolute Gasteiger partial charge is 0.448 e. The summed E-state index contributed by atoms with van der Waals surface area (Å²) in [6.07, 6.45) is 1.42. The molecule has 0 radical (unpaired) electrons. The molecule has 1 heterocycles. The molecule has 1 aromatic heterocycles. The van der Waals surface area contributed by atoms with Gasteiger partial charge in [-0.2, -0.15) is 0 Å². The minimum absolute atomic E-state index is 0.233. The summed E-state index contributed by atoms with van der Waals surface area (Å²) in [4.78, 5) is 6.14. The Morgan fingerprint density at radius 2 is 2.00 bits per heavy atom. The summed E-state index contributed by atoms with van der Waals surface area (Å²) in [7, 11) is 0. The van der Waals surface area contributed by atoms with E-state index in [-0.39, 0.29) is 5.92 Å². The van der Waals surface area contributed by atoms with E-state index in [9.17, 15) is 8.78 Å². The van der Waals surface area contributed by atoms with Crippen LogP contribution in [-0.4, -0.2) is 11.5 Å². The second kappa shape index (κ2) is 6.03. The second-order valence-electron chi connectivity index (χ2n) is 4.93. The van der Waals surface area contributed by atoms with Crippen LogP contribution >= 0.6 is 0 Å². The van der Waals surface area contributed by atoms with Gasteiger partial charge in [-0.05, 0) is 19.1 Å². The molecule has 0 N–H and O–H groups in total. The smallest absolute Gasteiger partial charge is 0.181 e. The van der Waals surface area contributed by atoms with Crippen molar-refractivity contribution in [2.24, 2.45) is 0 Å². The Hall–Kier alpha value is -1.91. The molecule has 20 heavy (non-hydrogen) atoms. The van der Waals surface area contributed by atoms with Gasteiger partial charge in [-0.3, -0.25) is 0 Å². The SMILES string of the molecule is CCN(Cc1ncoc1C(C)C)c1ccc(F)c(F)c1. The Balaban J connectivity index is 2.24. The van der Waals surface area contributed by atoms with E-state index in [1.807, 2.05) is 25.7 Å². The van der Waals surface area contributed by atoms with Crippen molar-refractivity contribution in [3.8, 4) is 0 Å². The number of anilines is 1. The van der Waals surface area contributed by atoms with Gasteiger partial charge in [0.1, 0.15) is 11.5 Å². The van der Waals surface area contributed by atoms with Crippen LogP contribution in [0.4, 0.5) is 14.5 Å². The second-order valence-corrected chi connectivity index (χ2v) is 4.93. The van der Waals surface area contributed by atoms with E-state index >= 15 is 0 Å². The van der Waals surface area contributed by atoms with Gasteiger partial charge in [0.25, 0.3) is 0 Å². The molecule has 1 aromatic carbocycles. The fourth-order valence-electron chi connectivity index (χ4n) is 2.11. The van der Waals surface area contributed by atoms with Gasteiger partial charge >= 0.3 is 0 Å². The van der Waals surface area contributed by atoms with Crippen molar-refractivity contribution in [2.75, 3.05) is 11.4 Å². The summed E-state index contributed by atoms with van der Waals surface area (Å²) < 4.78 is 31.7. The number of hydrogen-bond donors (Lipinski definition) is 0. The van der Waals surface area contributed by atoms with Crippen molar-refractivity contribution in [1.29, 1.82) is 0 Å². The number of hydrogen-bond acceptors (Lipinski definition) is 3. The van der Waals surface area contributed by atoms with Crippen LogP contribution in [-0.2, 0) is 6.54 Å². The Morgan fingerprint density at radius 3 is 2.60 bits per heavy atom. The predicted octanol–water partition coefficient (Wildman–Crippen LogP) is 4.10. The lowest BCUT2D eigenvalue weighted by Gasteiger charge is -2.22. The molecule has 108 valence electrons. The van der Waals surface area contributed by atoms with Crippen molar-refractivity contribution in [1.82, 2.24) is 4.98 Å². The maximum atomic E-state index is 13.3. The first-order valence-electron chi connectivity index (χ1n) is 6.65. The first-order chi connectivity index (χ1) is 9.52. The molecule has 0 fully saturated rings. The number of rotatable bonds is 5. The Bertz CT molecular complexity index is 581. The molecule has 0 aliphatic heterocycles. The number of aromatic nitrogens is 1. The predicted molar refractivity (Wildman–Crippen MR) is 73.7 cm³/mol. The van der Waals surface area contributed by atoms with Crippen LogP contribution < -0.4 is 4.90 Å². The highest BCUT2D eigenvalue weighted by molar-refractivity contribution is 5.47. The first-order valence-corrected chi connectivity index (χ1v) is 6.65. The summed E-state index contributed by atoms with van der Waals surface area (Å²) in [6, 6.07) is 3.91. The van der Waals surface area contributed by atoms with E-state index < -0.39 is 11.6 Å². The third-order valence-electron chi connectivity index (χ3n) is 3.19. The number of halogens is 2. The van der Waals surface area contributed by atoms with Gasteiger partial charge < -0.3 is 9.32 Å². The molecular formula is C15H18F2N2O. The zero-order chi connectivity index (χ0) is 14.7. The monoisotopic (exact) mass is 280 g/mol. The third-order valence-corrected chi connectivity index (χ3v) is 3.19. The van der Waals surface area contributed by atoms with Gasteiger partial charge in [-0.15, -0.1) is 0 Å². The van der Waals surface area contributed by atoms with E-state index in [2.05, 4.69) is 4.98 Å². The lowest BCUT2D eigenvalue weighted by atomic mass is 10.1. The Labute approximate surface area is 117 Å². The van der Waals surface area contributed by atoms with Crippen LogP contribution in [0, 0.1) is 11.6 Å². The normalized spacial score (nSPS) is 11.1. The fourth-order valence-corrected chi connectivity index (χ4v) is 2.11. The summed E-state index contributed by atoms with van der Waals surface area (Å²) in [5.41, 5.74) is 1.45. The summed E-state index contributed by atoms with van der Waals surface area (Å²) in [5.74, 6) is -0.624. The van der Waals surface area contributed by atoms with E-state index in [0.29, 0.717) is 18.8 Å². The Morgan fingerprint density at radius 1 is 1.25 bits per heavy atom. The molecule has 5 heteroatoms. The van der Waals surface area contributed by atoms with Crippen LogP contribution in [0.25, 0.3) is 0 Å². The molecule has 0 bridgehead atoms. The molecule has 0 saturated carbocycles. The minimum atomic E-state index is -0.842. The molecule has 0 amide bonds. The van der Waals surface area contributed by atoms with Crippen LogP contribution in [0.2, 0.25) is 0 Å². The molecule has 0 aliphatic rings.